The van der Waals surface area contributed by atoms with Crippen molar-refractivity contribution in [3.8, 4) is 12.1 Å². The van der Waals surface area contributed by atoms with E-state index in [0.717, 1.165) is 6.42 Å². The SMILES string of the molecule is Cc1ccc([C@@]23C(C)[C@H](N(C)C)C(C#N)(C#N)N2N=C[C@H]2C[C@H]23)cc1. The summed E-state index contributed by atoms with van der Waals surface area (Å²) in [5.74, 6) is 0.974. The molecule has 0 N–H and O–H groups in total. The maximum absolute atomic E-state index is 10.1. The molecule has 0 spiro atoms. The van der Waals surface area contributed by atoms with Crippen molar-refractivity contribution in [2.24, 2.45) is 22.9 Å². The quantitative estimate of drug-likeness (QED) is 0.834. The molecule has 0 aromatic heterocycles. The van der Waals surface area contributed by atoms with Gasteiger partial charge < -0.3 is 4.90 Å². The zero-order valence-electron chi connectivity index (χ0n) is 15.1. The first-order chi connectivity index (χ1) is 11.9. The van der Waals surface area contributed by atoms with Crippen LogP contribution in [0.1, 0.15) is 24.5 Å². The summed E-state index contributed by atoms with van der Waals surface area (Å²) in [5.41, 5.74) is 0.708. The largest absolute Gasteiger partial charge is 0.302 e. The zero-order chi connectivity index (χ0) is 18.0. The third-order valence-corrected chi connectivity index (χ3v) is 6.47. The number of nitrogens with zero attached hydrogens (tertiary/aromatic N) is 5. The van der Waals surface area contributed by atoms with Gasteiger partial charge in [-0.1, -0.05) is 36.8 Å². The van der Waals surface area contributed by atoms with Gasteiger partial charge in [0.25, 0.3) is 0 Å². The lowest BCUT2D eigenvalue weighted by Gasteiger charge is -2.44. The summed E-state index contributed by atoms with van der Waals surface area (Å²) in [6.07, 6.45) is 3.02. The number of hydrogen-bond donors (Lipinski definition) is 0. The van der Waals surface area contributed by atoms with E-state index in [1.807, 2.05) is 30.2 Å². The number of aryl methyl sites for hydroxylation is 1. The maximum atomic E-state index is 10.1. The topological polar surface area (TPSA) is 66.4 Å². The fourth-order valence-corrected chi connectivity index (χ4v) is 5.42. The van der Waals surface area contributed by atoms with Crippen LogP contribution in [0.25, 0.3) is 0 Å². The van der Waals surface area contributed by atoms with Crippen molar-refractivity contribution >= 4 is 6.21 Å². The molecule has 1 unspecified atom stereocenters. The summed E-state index contributed by atoms with van der Waals surface area (Å²) in [7, 11) is 3.92. The number of benzene rings is 1. The lowest BCUT2D eigenvalue weighted by Crippen LogP contribution is -2.55. The molecule has 5 nitrogen and oxygen atoms in total. The molecule has 0 radical (unpaired) electrons. The van der Waals surface area contributed by atoms with E-state index in [4.69, 9.17) is 5.10 Å². The molecule has 0 bridgehead atoms. The van der Waals surface area contributed by atoms with E-state index in [1.165, 1.54) is 11.1 Å². The Morgan fingerprint density at radius 3 is 2.40 bits per heavy atom. The summed E-state index contributed by atoms with van der Waals surface area (Å²) in [6, 6.07) is 13.0. The fraction of sp³-hybridized carbons (Fsp3) is 0.550. The molecule has 25 heavy (non-hydrogen) atoms. The van der Waals surface area contributed by atoms with Gasteiger partial charge in [0.15, 0.2) is 0 Å². The molecule has 1 aliphatic carbocycles. The summed E-state index contributed by atoms with van der Waals surface area (Å²) in [6.45, 7) is 4.26. The molecule has 128 valence electrons. The van der Waals surface area contributed by atoms with Crippen LogP contribution in [-0.4, -0.2) is 41.8 Å². The molecule has 0 amide bonds. The maximum Gasteiger partial charge on any atom is 0.245 e. The van der Waals surface area contributed by atoms with Gasteiger partial charge in [0.2, 0.25) is 5.54 Å². The molecule has 5 atom stereocenters. The number of likely N-dealkylation sites (N-methyl/N-ethyl adjacent to an activating group) is 1. The van der Waals surface area contributed by atoms with E-state index < -0.39 is 11.1 Å². The van der Waals surface area contributed by atoms with Gasteiger partial charge >= 0.3 is 0 Å². The Bertz CT molecular complexity index is 798. The molecule has 2 aliphatic heterocycles. The molecule has 2 fully saturated rings. The van der Waals surface area contributed by atoms with E-state index >= 15 is 0 Å². The van der Waals surface area contributed by atoms with Crippen LogP contribution in [0.5, 0.6) is 0 Å². The van der Waals surface area contributed by atoms with Crippen molar-refractivity contribution in [2.45, 2.75) is 37.4 Å². The number of rotatable bonds is 2. The standard InChI is InChI=1S/C20H23N5/c1-13-5-7-16(8-6-13)20-14(2)18(24(3)4)19(11-21,12-22)25(20)23-10-15-9-17(15)20/h5-8,10,14-15,17-18H,9H2,1-4H3/t14?,15-,17-,18+,20-/m1/s1. The molecule has 1 saturated heterocycles. The molecular weight excluding hydrogens is 310 g/mol. The summed E-state index contributed by atoms with van der Waals surface area (Å²) < 4.78 is 0. The van der Waals surface area contributed by atoms with Gasteiger partial charge in [-0.15, -0.1) is 0 Å². The molecule has 2 heterocycles. The first-order valence-corrected chi connectivity index (χ1v) is 8.84. The Morgan fingerprint density at radius 2 is 1.84 bits per heavy atom. The van der Waals surface area contributed by atoms with Crippen molar-refractivity contribution in [3.05, 3.63) is 35.4 Å². The molecular formula is C20H23N5. The van der Waals surface area contributed by atoms with Crippen LogP contribution in [0.3, 0.4) is 0 Å². The normalized spacial score (nSPS) is 37.2. The molecule has 1 aromatic carbocycles. The van der Waals surface area contributed by atoms with Gasteiger partial charge in [0, 0.05) is 18.1 Å². The molecule has 4 rings (SSSR count). The highest BCUT2D eigenvalue weighted by atomic mass is 15.6. The van der Waals surface area contributed by atoms with Crippen LogP contribution >= 0.6 is 0 Å². The summed E-state index contributed by atoms with van der Waals surface area (Å²) in [5, 5.41) is 26.7. The average Bonchev–Trinajstić information content (AvgIpc) is 3.35. The lowest BCUT2D eigenvalue weighted by atomic mass is 9.73. The van der Waals surface area contributed by atoms with E-state index in [1.54, 1.807) is 0 Å². The molecule has 1 aromatic rings. The van der Waals surface area contributed by atoms with E-state index in [9.17, 15) is 10.5 Å². The minimum Gasteiger partial charge on any atom is -0.302 e. The van der Waals surface area contributed by atoms with Crippen LogP contribution in [0.4, 0.5) is 0 Å². The Kier molecular flexibility index (Phi) is 3.27. The second-order valence-corrected chi connectivity index (χ2v) is 7.96. The van der Waals surface area contributed by atoms with Gasteiger partial charge in [-0.05, 0) is 38.9 Å². The predicted octanol–water partition coefficient (Wildman–Crippen LogP) is 2.49. The number of fused-ring (bicyclic) bond motifs is 3. The minimum atomic E-state index is -1.28. The second-order valence-electron chi connectivity index (χ2n) is 7.96. The van der Waals surface area contributed by atoms with Gasteiger partial charge in [-0.3, -0.25) is 5.01 Å². The van der Waals surface area contributed by atoms with Crippen LogP contribution < -0.4 is 0 Å². The van der Waals surface area contributed by atoms with Crippen molar-refractivity contribution in [3.63, 3.8) is 0 Å². The van der Waals surface area contributed by atoms with Crippen molar-refractivity contribution < 1.29 is 0 Å². The second kappa shape index (κ2) is 5.07. The van der Waals surface area contributed by atoms with Crippen LogP contribution in [0.15, 0.2) is 29.4 Å². The average molecular weight is 333 g/mol. The third kappa shape index (κ3) is 1.77. The molecule has 5 heteroatoms. The van der Waals surface area contributed by atoms with Gasteiger partial charge in [-0.25, -0.2) is 0 Å². The van der Waals surface area contributed by atoms with Crippen molar-refractivity contribution in [1.82, 2.24) is 9.91 Å². The lowest BCUT2D eigenvalue weighted by molar-refractivity contribution is 0.0404. The zero-order valence-corrected chi connectivity index (χ0v) is 15.1. The van der Waals surface area contributed by atoms with Crippen molar-refractivity contribution in [2.75, 3.05) is 14.1 Å². The minimum absolute atomic E-state index is 0.108. The number of hydrogen-bond acceptors (Lipinski definition) is 5. The Hall–Kier alpha value is -2.37. The molecule has 1 saturated carbocycles. The first kappa shape index (κ1) is 16.1. The Morgan fingerprint density at radius 1 is 1.20 bits per heavy atom. The highest BCUT2D eigenvalue weighted by Gasteiger charge is 2.74. The highest BCUT2D eigenvalue weighted by molar-refractivity contribution is 5.68. The van der Waals surface area contributed by atoms with E-state index in [-0.39, 0.29) is 12.0 Å². The van der Waals surface area contributed by atoms with E-state index in [0.29, 0.717) is 11.8 Å². The number of hydrazone groups is 1. The van der Waals surface area contributed by atoms with Gasteiger partial charge in [0.1, 0.15) is 12.1 Å². The van der Waals surface area contributed by atoms with Gasteiger partial charge in [-0.2, -0.15) is 15.6 Å². The third-order valence-electron chi connectivity index (χ3n) is 6.47. The monoisotopic (exact) mass is 333 g/mol. The van der Waals surface area contributed by atoms with Crippen LogP contribution in [0.2, 0.25) is 0 Å². The first-order valence-electron chi connectivity index (χ1n) is 8.84. The van der Waals surface area contributed by atoms with Crippen molar-refractivity contribution in [1.29, 1.82) is 10.5 Å². The number of nitriles is 2. The highest BCUT2D eigenvalue weighted by Crippen LogP contribution is 2.65. The molecule has 3 aliphatic rings. The Labute approximate surface area is 149 Å². The smallest absolute Gasteiger partial charge is 0.245 e. The van der Waals surface area contributed by atoms with Gasteiger partial charge in [0.05, 0.1) is 11.6 Å². The summed E-state index contributed by atoms with van der Waals surface area (Å²) >= 11 is 0. The fourth-order valence-electron chi connectivity index (χ4n) is 5.42. The Balaban J connectivity index is 2.00. The van der Waals surface area contributed by atoms with Crippen LogP contribution in [-0.2, 0) is 5.54 Å². The van der Waals surface area contributed by atoms with Crippen LogP contribution in [0, 0.1) is 47.3 Å². The predicted molar refractivity (Wildman–Crippen MR) is 95.4 cm³/mol. The van der Waals surface area contributed by atoms with E-state index in [2.05, 4.69) is 50.3 Å². The summed E-state index contributed by atoms with van der Waals surface area (Å²) in [4.78, 5) is 2.03.